The molecule has 0 bridgehead atoms. The highest BCUT2D eigenvalue weighted by molar-refractivity contribution is 4.54. The Morgan fingerprint density at radius 3 is 1.53 bits per heavy atom. The highest BCUT2D eigenvalue weighted by Crippen LogP contribution is 2.12. The number of hydrogen-bond donors (Lipinski definition) is 0. The average molecular weight is 223 g/mol. The number of rotatable bonds is 5. The Morgan fingerprint density at radius 1 is 1.00 bits per heavy atom. The quantitative estimate of drug-likeness (QED) is 0.190. The summed E-state index contributed by atoms with van der Waals surface area (Å²) in [4.78, 5) is 25.4. The second-order valence-electron chi connectivity index (χ2n) is 2.31. The van der Waals surface area contributed by atoms with Gasteiger partial charge in [-0.05, 0) is 5.11 Å². The molecule has 0 saturated carbocycles. The molecule has 0 radical (unpaired) electrons. The van der Waals surface area contributed by atoms with Crippen LogP contribution in [0.1, 0.15) is 0 Å². The summed E-state index contributed by atoms with van der Waals surface area (Å²) in [6, 6.07) is 0. The van der Waals surface area contributed by atoms with Gasteiger partial charge < -0.3 is 5.21 Å². The molecule has 0 spiro atoms. The van der Waals surface area contributed by atoms with Crippen LogP contribution in [0, 0.1) is 35.6 Å². The van der Waals surface area contributed by atoms with Crippen LogP contribution >= 0.6 is 0 Å². The lowest BCUT2D eigenvalue weighted by Crippen LogP contribution is -2.55. The predicted octanol–water partition coefficient (Wildman–Crippen LogP) is -0.937. The topological polar surface area (TPSA) is 168 Å². The number of azo groups is 1. The summed E-state index contributed by atoms with van der Waals surface area (Å²) >= 11 is 0. The van der Waals surface area contributed by atoms with E-state index in [9.17, 15) is 35.6 Å². The van der Waals surface area contributed by atoms with Crippen LogP contribution in [-0.4, -0.2) is 39.0 Å². The Kier molecular flexibility index (Phi) is 3.53. The zero-order valence-corrected chi connectivity index (χ0v) is 7.30. The molecule has 0 aliphatic heterocycles. The Balaban J connectivity index is 5.34. The van der Waals surface area contributed by atoms with Crippen LogP contribution in [0.25, 0.3) is 0 Å². The molecule has 15 heavy (non-hydrogen) atoms. The summed E-state index contributed by atoms with van der Waals surface area (Å²) in [5, 5.41) is 43.7. The smallest absolute Gasteiger partial charge is 0.600 e. The molecule has 0 aliphatic rings. The molecule has 12 heteroatoms. The van der Waals surface area contributed by atoms with Crippen LogP contribution < -0.4 is 0 Å². The van der Waals surface area contributed by atoms with Crippen molar-refractivity contribution in [1.29, 1.82) is 0 Å². The first-order valence-corrected chi connectivity index (χ1v) is 3.27. The lowest BCUT2D eigenvalue weighted by molar-refractivity contribution is -0.967. The monoisotopic (exact) mass is 223 g/mol. The van der Waals surface area contributed by atoms with Gasteiger partial charge in [-0.15, -0.1) is 0 Å². The summed E-state index contributed by atoms with van der Waals surface area (Å²) < 4.78 is 0. The van der Waals surface area contributed by atoms with E-state index in [4.69, 9.17) is 0 Å². The van der Waals surface area contributed by atoms with Crippen LogP contribution in [0.15, 0.2) is 5.11 Å². The fourth-order valence-corrected chi connectivity index (χ4v) is 0.568. The fraction of sp³-hybridized carbons (Fsp3) is 1.00. The van der Waals surface area contributed by atoms with Crippen LogP contribution in [-0.2, 0) is 0 Å². The summed E-state index contributed by atoms with van der Waals surface area (Å²) in [6.07, 6.45) is 0. The van der Waals surface area contributed by atoms with Crippen molar-refractivity contribution in [3.63, 3.8) is 0 Å². The van der Waals surface area contributed by atoms with E-state index in [1.54, 1.807) is 0 Å². The number of hydroxylamine groups is 1. The standard InChI is InChI=1S/C3H5N5O7/c1-5(9)4-2-3(6(10)11,7(12)13)8(14)15/h2H2,1H3. The van der Waals surface area contributed by atoms with Crippen molar-refractivity contribution in [2.75, 3.05) is 13.6 Å². The van der Waals surface area contributed by atoms with Gasteiger partial charge in [0.1, 0.15) is 0 Å². The van der Waals surface area contributed by atoms with Crippen LogP contribution in [0.5, 0.6) is 0 Å². The van der Waals surface area contributed by atoms with Crippen molar-refractivity contribution in [2.24, 2.45) is 5.11 Å². The molecule has 84 valence electrons. The van der Waals surface area contributed by atoms with Gasteiger partial charge in [-0.2, -0.15) is 0 Å². The van der Waals surface area contributed by atoms with E-state index in [0.29, 0.717) is 0 Å². The van der Waals surface area contributed by atoms with E-state index in [-0.39, 0.29) is 4.86 Å². The molecule has 0 amide bonds. The minimum absolute atomic E-state index is 0.231. The zero-order valence-electron chi connectivity index (χ0n) is 7.30. The summed E-state index contributed by atoms with van der Waals surface area (Å²) in [7, 11) is 0.782. The summed E-state index contributed by atoms with van der Waals surface area (Å²) in [5.74, 6) is -3.71. The van der Waals surface area contributed by atoms with E-state index in [1.807, 2.05) is 0 Å². The van der Waals surface area contributed by atoms with Gasteiger partial charge in [-0.25, -0.2) is 0 Å². The average Bonchev–Trinajstić information content (AvgIpc) is 2.02. The second-order valence-corrected chi connectivity index (χ2v) is 2.31. The van der Waals surface area contributed by atoms with Gasteiger partial charge in [0.2, 0.25) is 0 Å². The SMILES string of the molecule is C[N+]([O-])=NCC([N+](=O)[O-])([N+](=O)[O-])[N+](=O)[O-]. The molecule has 0 atom stereocenters. The van der Waals surface area contributed by atoms with Crippen molar-refractivity contribution < 1.29 is 19.6 Å². The number of hydrogen-bond acceptors (Lipinski definition) is 8. The third kappa shape index (κ3) is 2.29. The predicted molar refractivity (Wildman–Crippen MR) is 40.6 cm³/mol. The highest BCUT2D eigenvalue weighted by Gasteiger charge is 2.71. The van der Waals surface area contributed by atoms with Crippen molar-refractivity contribution in [3.05, 3.63) is 35.6 Å². The largest absolute Gasteiger partial charge is 0.725 e. The van der Waals surface area contributed by atoms with Gasteiger partial charge in [-0.1, -0.05) is 4.86 Å². The molecule has 0 fully saturated rings. The summed E-state index contributed by atoms with van der Waals surface area (Å²) in [6.45, 7) is -1.47. The Morgan fingerprint density at radius 2 is 1.33 bits per heavy atom. The Labute approximate surface area is 80.8 Å². The molecule has 0 aromatic heterocycles. The molecule has 0 aromatic rings. The van der Waals surface area contributed by atoms with E-state index in [2.05, 4.69) is 5.11 Å². The van der Waals surface area contributed by atoms with E-state index in [1.165, 1.54) is 0 Å². The van der Waals surface area contributed by atoms with Gasteiger partial charge >= 0.3 is 12.3 Å². The van der Waals surface area contributed by atoms with E-state index in [0.717, 1.165) is 7.05 Å². The van der Waals surface area contributed by atoms with Crippen LogP contribution in [0.4, 0.5) is 0 Å². The highest BCUT2D eigenvalue weighted by atomic mass is 16.7. The van der Waals surface area contributed by atoms with Crippen molar-refractivity contribution in [1.82, 2.24) is 0 Å². The van der Waals surface area contributed by atoms with Gasteiger partial charge in [0, 0.05) is 0 Å². The zero-order chi connectivity index (χ0) is 12.2. The first kappa shape index (κ1) is 12.6. The fourth-order valence-electron chi connectivity index (χ4n) is 0.568. The van der Waals surface area contributed by atoms with Crippen LogP contribution in [0.2, 0.25) is 0 Å². The van der Waals surface area contributed by atoms with Gasteiger partial charge in [0.05, 0.1) is 0 Å². The third-order valence-electron chi connectivity index (χ3n) is 1.36. The maximum absolute atomic E-state index is 10.3. The maximum Gasteiger partial charge on any atom is 0.725 e. The molecular weight excluding hydrogens is 218 g/mol. The molecule has 0 saturated heterocycles. The number of nitro groups is 3. The van der Waals surface area contributed by atoms with Crippen molar-refractivity contribution >= 4 is 0 Å². The molecule has 0 unspecified atom stereocenters. The molecule has 12 nitrogen and oxygen atoms in total. The van der Waals surface area contributed by atoms with Gasteiger partial charge in [-0.3, -0.25) is 30.3 Å². The lowest BCUT2D eigenvalue weighted by Gasteiger charge is -2.04. The Bertz CT molecular complexity index is 295. The van der Waals surface area contributed by atoms with E-state index < -0.39 is 27.1 Å². The van der Waals surface area contributed by atoms with E-state index >= 15 is 0 Å². The van der Waals surface area contributed by atoms with Gasteiger partial charge in [0.25, 0.3) is 0 Å². The molecule has 0 N–H and O–H groups in total. The van der Waals surface area contributed by atoms with Crippen molar-refractivity contribution in [3.8, 4) is 0 Å². The molecular formula is C3H5N5O7. The summed E-state index contributed by atoms with van der Waals surface area (Å²) in [5.41, 5.74) is 0. The minimum Gasteiger partial charge on any atom is -0.600 e. The lowest BCUT2D eigenvalue weighted by atomic mass is 10.4. The molecule has 0 aromatic carbocycles. The second kappa shape index (κ2) is 4.21. The maximum atomic E-state index is 10.3. The molecule has 0 aliphatic carbocycles. The normalized spacial score (nSPS) is 12.2. The third-order valence-corrected chi connectivity index (χ3v) is 1.36. The Hall–Kier alpha value is -2.40. The van der Waals surface area contributed by atoms with Crippen LogP contribution in [0.3, 0.4) is 0 Å². The minimum atomic E-state index is -3.71. The van der Waals surface area contributed by atoms with Gasteiger partial charge in [0.15, 0.2) is 21.8 Å². The first-order valence-electron chi connectivity index (χ1n) is 3.27. The number of nitrogens with zero attached hydrogens (tertiary/aromatic N) is 5. The molecule has 0 rings (SSSR count). The first-order chi connectivity index (χ1) is 6.75. The molecule has 0 heterocycles. The van der Waals surface area contributed by atoms with Crippen molar-refractivity contribution in [2.45, 2.75) is 5.79 Å².